The Balaban J connectivity index is 1.94. The van der Waals surface area contributed by atoms with Gasteiger partial charge in [-0.3, -0.25) is 9.59 Å². The number of ketones is 2. The topological polar surface area (TPSA) is 78.6 Å². The highest BCUT2D eigenvalue weighted by atomic mass is 16.5. The Morgan fingerprint density at radius 1 is 0.870 bits per heavy atom. The van der Waals surface area contributed by atoms with Crippen LogP contribution in [-0.2, 0) is 4.74 Å². The van der Waals surface area contributed by atoms with Crippen molar-refractivity contribution in [2.45, 2.75) is 6.42 Å². The smallest absolute Gasteiger partial charge is 0.170 e. The lowest BCUT2D eigenvalue weighted by Crippen LogP contribution is -2.09. The molecule has 0 saturated carbocycles. The second kappa shape index (κ2) is 8.10. The second-order valence-corrected chi connectivity index (χ2v) is 5.01. The van der Waals surface area contributed by atoms with Crippen molar-refractivity contribution in [2.75, 3.05) is 26.1 Å². The summed E-state index contributed by atoms with van der Waals surface area (Å²) in [6.07, 6.45) is -0.173. The van der Waals surface area contributed by atoms with Crippen LogP contribution in [0.4, 0.5) is 5.69 Å². The molecular weight excluding hydrogens is 294 g/mol. The number of carbonyl (C=O) groups is 2. The normalized spacial score (nSPS) is 10.3. The summed E-state index contributed by atoms with van der Waals surface area (Å²) in [6.45, 7) is 0.941. The zero-order valence-corrected chi connectivity index (χ0v) is 13.0. The van der Waals surface area contributed by atoms with Crippen molar-refractivity contribution in [1.82, 2.24) is 0 Å². The number of rotatable bonds is 8. The number of Topliss-reactive ketones (excluding diaryl/α,β-unsaturated/α-hetero) is 2. The molecule has 0 aliphatic heterocycles. The highest BCUT2D eigenvalue weighted by Gasteiger charge is 2.13. The van der Waals surface area contributed by atoms with Gasteiger partial charge in [-0.05, 0) is 48.5 Å². The molecule has 0 aliphatic carbocycles. The molecule has 0 aromatic heterocycles. The summed E-state index contributed by atoms with van der Waals surface area (Å²) >= 11 is 0. The molecule has 5 heteroatoms. The minimum absolute atomic E-state index is 0.173. The minimum atomic E-state index is -0.227. The molecule has 2 rings (SSSR count). The molecular formula is C18H19NO4. The summed E-state index contributed by atoms with van der Waals surface area (Å²) < 4.78 is 10.3. The summed E-state index contributed by atoms with van der Waals surface area (Å²) in [5, 5.41) is 0. The number of ether oxygens (including phenoxy) is 2. The number of carbonyl (C=O) groups excluding carboxylic acids is 2. The van der Waals surface area contributed by atoms with E-state index in [0.29, 0.717) is 35.8 Å². The first-order valence-corrected chi connectivity index (χ1v) is 7.24. The third-order valence-electron chi connectivity index (χ3n) is 3.29. The van der Waals surface area contributed by atoms with Crippen LogP contribution in [0.15, 0.2) is 48.5 Å². The third kappa shape index (κ3) is 4.93. The molecule has 0 spiro atoms. The van der Waals surface area contributed by atoms with E-state index in [4.69, 9.17) is 15.2 Å². The van der Waals surface area contributed by atoms with E-state index >= 15 is 0 Å². The zero-order valence-electron chi connectivity index (χ0n) is 13.0. The molecule has 0 bridgehead atoms. The first-order valence-electron chi connectivity index (χ1n) is 7.24. The van der Waals surface area contributed by atoms with Gasteiger partial charge in [-0.25, -0.2) is 0 Å². The Kier molecular flexibility index (Phi) is 5.88. The quantitative estimate of drug-likeness (QED) is 0.351. The molecule has 0 heterocycles. The number of hydrogen-bond donors (Lipinski definition) is 1. The van der Waals surface area contributed by atoms with Gasteiger partial charge in [0, 0.05) is 23.9 Å². The van der Waals surface area contributed by atoms with Crippen LogP contribution >= 0.6 is 0 Å². The van der Waals surface area contributed by atoms with Crippen LogP contribution in [0.1, 0.15) is 27.1 Å². The molecule has 2 aromatic carbocycles. The van der Waals surface area contributed by atoms with E-state index in [0.717, 1.165) is 0 Å². The minimum Gasteiger partial charge on any atom is -0.491 e. The molecule has 2 aromatic rings. The summed E-state index contributed by atoms with van der Waals surface area (Å²) in [4.78, 5) is 24.2. The van der Waals surface area contributed by atoms with Gasteiger partial charge in [0.25, 0.3) is 0 Å². The van der Waals surface area contributed by atoms with Crippen molar-refractivity contribution < 1.29 is 19.1 Å². The van der Waals surface area contributed by atoms with Gasteiger partial charge >= 0.3 is 0 Å². The fourth-order valence-electron chi connectivity index (χ4n) is 2.00. The lowest BCUT2D eigenvalue weighted by atomic mass is 10.0. The summed E-state index contributed by atoms with van der Waals surface area (Å²) in [5.41, 5.74) is 7.12. The average molecular weight is 313 g/mol. The largest absolute Gasteiger partial charge is 0.491 e. The van der Waals surface area contributed by atoms with E-state index < -0.39 is 0 Å². The number of benzene rings is 2. The van der Waals surface area contributed by atoms with E-state index in [2.05, 4.69) is 0 Å². The van der Waals surface area contributed by atoms with Crippen LogP contribution in [0, 0.1) is 0 Å². The molecule has 0 radical (unpaired) electrons. The predicted octanol–water partition coefficient (Wildman–Crippen LogP) is 2.75. The van der Waals surface area contributed by atoms with Gasteiger partial charge in [0.2, 0.25) is 0 Å². The van der Waals surface area contributed by atoms with E-state index in [1.165, 1.54) is 0 Å². The molecule has 2 N–H and O–H groups in total. The van der Waals surface area contributed by atoms with E-state index in [9.17, 15) is 9.59 Å². The first-order chi connectivity index (χ1) is 11.1. The highest BCUT2D eigenvalue weighted by Crippen LogP contribution is 2.15. The maximum atomic E-state index is 12.2. The first kappa shape index (κ1) is 16.7. The number of nitrogen functional groups attached to an aromatic ring is 1. The van der Waals surface area contributed by atoms with Crippen molar-refractivity contribution in [1.29, 1.82) is 0 Å². The average Bonchev–Trinajstić information content (AvgIpc) is 2.56. The lowest BCUT2D eigenvalue weighted by molar-refractivity contribution is 0.0894. The van der Waals surface area contributed by atoms with Gasteiger partial charge in [0.15, 0.2) is 11.6 Å². The Labute approximate surface area is 135 Å². The molecule has 0 amide bonds. The fourth-order valence-corrected chi connectivity index (χ4v) is 2.00. The van der Waals surface area contributed by atoms with Crippen molar-refractivity contribution >= 4 is 17.3 Å². The van der Waals surface area contributed by atoms with E-state index in [-0.39, 0.29) is 18.0 Å². The fraction of sp³-hybridized carbons (Fsp3) is 0.222. The Morgan fingerprint density at radius 2 is 1.39 bits per heavy atom. The Hall–Kier alpha value is -2.66. The van der Waals surface area contributed by atoms with E-state index in [1.54, 1.807) is 55.6 Å². The van der Waals surface area contributed by atoms with Crippen molar-refractivity contribution in [3.63, 3.8) is 0 Å². The molecule has 0 fully saturated rings. The van der Waals surface area contributed by atoms with Gasteiger partial charge < -0.3 is 15.2 Å². The van der Waals surface area contributed by atoms with Crippen LogP contribution < -0.4 is 10.5 Å². The molecule has 0 aliphatic rings. The maximum absolute atomic E-state index is 12.2. The predicted molar refractivity (Wildman–Crippen MR) is 87.9 cm³/mol. The Bertz CT molecular complexity index is 662. The van der Waals surface area contributed by atoms with Crippen LogP contribution in [-0.4, -0.2) is 31.9 Å². The molecule has 0 atom stereocenters. The van der Waals surface area contributed by atoms with Crippen LogP contribution in [0.25, 0.3) is 0 Å². The number of hydrogen-bond acceptors (Lipinski definition) is 5. The van der Waals surface area contributed by atoms with Crippen LogP contribution in [0.5, 0.6) is 5.75 Å². The summed E-state index contributed by atoms with van der Waals surface area (Å²) in [5.74, 6) is 0.203. The zero-order chi connectivity index (χ0) is 16.7. The lowest BCUT2D eigenvalue weighted by Gasteiger charge is -2.06. The summed E-state index contributed by atoms with van der Waals surface area (Å²) in [7, 11) is 1.60. The van der Waals surface area contributed by atoms with Crippen LogP contribution in [0.3, 0.4) is 0 Å². The summed E-state index contributed by atoms with van der Waals surface area (Å²) in [6, 6.07) is 13.2. The van der Waals surface area contributed by atoms with Gasteiger partial charge in [-0.15, -0.1) is 0 Å². The van der Waals surface area contributed by atoms with Crippen molar-refractivity contribution in [3.05, 3.63) is 59.7 Å². The molecule has 5 nitrogen and oxygen atoms in total. The van der Waals surface area contributed by atoms with Crippen molar-refractivity contribution in [2.24, 2.45) is 0 Å². The maximum Gasteiger partial charge on any atom is 0.170 e. The van der Waals surface area contributed by atoms with Gasteiger partial charge in [-0.1, -0.05) is 0 Å². The standard InChI is InChI=1S/C18H19NO4/c1-22-10-11-23-16-8-4-14(5-9-16)18(21)12-17(20)13-2-6-15(19)7-3-13/h2-9H,10-12,19H2,1H3. The number of methoxy groups -OCH3 is 1. The highest BCUT2D eigenvalue weighted by molar-refractivity contribution is 6.13. The van der Waals surface area contributed by atoms with Crippen LogP contribution in [0.2, 0.25) is 0 Å². The van der Waals surface area contributed by atoms with Gasteiger partial charge in [0.1, 0.15) is 12.4 Å². The van der Waals surface area contributed by atoms with E-state index in [1.807, 2.05) is 0 Å². The molecule has 0 saturated heterocycles. The Morgan fingerprint density at radius 3 is 1.91 bits per heavy atom. The molecule has 0 unspecified atom stereocenters. The third-order valence-corrected chi connectivity index (χ3v) is 3.29. The second-order valence-electron chi connectivity index (χ2n) is 5.01. The SMILES string of the molecule is COCCOc1ccc(C(=O)CC(=O)c2ccc(N)cc2)cc1. The van der Waals surface area contributed by atoms with Gasteiger partial charge in [0.05, 0.1) is 13.0 Å². The van der Waals surface area contributed by atoms with Gasteiger partial charge in [-0.2, -0.15) is 0 Å². The molecule has 120 valence electrons. The molecule has 23 heavy (non-hydrogen) atoms. The number of anilines is 1. The monoisotopic (exact) mass is 313 g/mol. The number of nitrogens with two attached hydrogens (primary N) is 1. The van der Waals surface area contributed by atoms with Crippen molar-refractivity contribution in [3.8, 4) is 5.75 Å².